The van der Waals surface area contributed by atoms with Crippen molar-refractivity contribution in [2.75, 3.05) is 6.54 Å². The van der Waals surface area contributed by atoms with Gasteiger partial charge in [-0.2, -0.15) is 11.3 Å². The molecule has 2 aromatic rings. The maximum absolute atomic E-state index is 11.5. The normalized spacial score (nSPS) is 10.8. The summed E-state index contributed by atoms with van der Waals surface area (Å²) in [7, 11) is 0. The Hall–Kier alpha value is -1.39. The standard InChI is InChI=1S/C13H13NOS2/c15-13(4-3-12-2-1-8-17-12)14-7-5-11-6-9-16-10-11/h1-4,6,8-10H,5,7H2,(H,14,15)/b4-3+. The van der Waals surface area contributed by atoms with E-state index < -0.39 is 0 Å². The number of rotatable bonds is 5. The molecule has 2 rings (SSSR count). The van der Waals surface area contributed by atoms with E-state index in [-0.39, 0.29) is 5.91 Å². The summed E-state index contributed by atoms with van der Waals surface area (Å²) in [5, 5.41) is 9.02. The largest absolute Gasteiger partial charge is 0.352 e. The average Bonchev–Trinajstić information content (AvgIpc) is 2.99. The van der Waals surface area contributed by atoms with Crippen molar-refractivity contribution < 1.29 is 4.79 Å². The first-order valence-corrected chi connectivity index (χ1v) is 7.17. The molecule has 0 aliphatic heterocycles. The van der Waals surface area contributed by atoms with Crippen LogP contribution < -0.4 is 5.32 Å². The molecule has 2 nitrogen and oxygen atoms in total. The van der Waals surface area contributed by atoms with Crippen LogP contribution in [0.3, 0.4) is 0 Å². The Bertz CT molecular complexity index is 472. The number of nitrogens with one attached hydrogen (secondary N) is 1. The second-order valence-corrected chi connectivity index (χ2v) is 5.28. The van der Waals surface area contributed by atoms with Crippen molar-refractivity contribution in [1.29, 1.82) is 0 Å². The highest BCUT2D eigenvalue weighted by molar-refractivity contribution is 7.10. The van der Waals surface area contributed by atoms with Gasteiger partial charge in [0.1, 0.15) is 0 Å². The molecule has 2 aromatic heterocycles. The quantitative estimate of drug-likeness (QED) is 0.825. The molecule has 0 radical (unpaired) electrons. The summed E-state index contributed by atoms with van der Waals surface area (Å²) in [5.41, 5.74) is 1.28. The molecule has 0 saturated carbocycles. The summed E-state index contributed by atoms with van der Waals surface area (Å²) in [6, 6.07) is 6.04. The third-order valence-corrected chi connectivity index (χ3v) is 3.80. The molecular weight excluding hydrogens is 250 g/mol. The van der Waals surface area contributed by atoms with Crippen LogP contribution in [0.25, 0.3) is 6.08 Å². The van der Waals surface area contributed by atoms with Crippen molar-refractivity contribution in [3.63, 3.8) is 0 Å². The van der Waals surface area contributed by atoms with Crippen LogP contribution in [0, 0.1) is 0 Å². The van der Waals surface area contributed by atoms with Gasteiger partial charge in [0.2, 0.25) is 5.91 Å². The fraction of sp³-hybridized carbons (Fsp3) is 0.154. The highest BCUT2D eigenvalue weighted by Gasteiger charge is 1.96. The minimum absolute atomic E-state index is 0.0337. The second kappa shape index (κ2) is 6.37. The average molecular weight is 263 g/mol. The number of hydrogen-bond acceptors (Lipinski definition) is 3. The minimum Gasteiger partial charge on any atom is -0.352 e. The maximum atomic E-state index is 11.5. The Kier molecular flexibility index (Phi) is 4.53. The van der Waals surface area contributed by atoms with Crippen LogP contribution in [0.15, 0.2) is 40.4 Å². The lowest BCUT2D eigenvalue weighted by atomic mass is 10.2. The van der Waals surface area contributed by atoms with Crippen LogP contribution in [0.4, 0.5) is 0 Å². The molecule has 1 amide bonds. The molecule has 0 aliphatic rings. The highest BCUT2D eigenvalue weighted by atomic mass is 32.1. The topological polar surface area (TPSA) is 29.1 Å². The van der Waals surface area contributed by atoms with Crippen LogP contribution in [-0.2, 0) is 11.2 Å². The summed E-state index contributed by atoms with van der Waals surface area (Å²) in [4.78, 5) is 12.6. The van der Waals surface area contributed by atoms with E-state index in [4.69, 9.17) is 0 Å². The lowest BCUT2D eigenvalue weighted by Gasteiger charge is -1.99. The zero-order valence-corrected chi connectivity index (χ0v) is 10.9. The SMILES string of the molecule is O=C(/C=C/c1cccs1)NCCc1ccsc1. The molecule has 1 N–H and O–H groups in total. The van der Waals surface area contributed by atoms with E-state index in [1.165, 1.54) is 5.56 Å². The van der Waals surface area contributed by atoms with Crippen molar-refractivity contribution in [3.05, 3.63) is 50.9 Å². The summed E-state index contributed by atoms with van der Waals surface area (Å²) < 4.78 is 0. The number of amides is 1. The molecule has 2 heterocycles. The number of carbonyl (C=O) groups is 1. The fourth-order valence-corrected chi connectivity index (χ4v) is 2.69. The Morgan fingerprint density at radius 1 is 1.35 bits per heavy atom. The van der Waals surface area contributed by atoms with Crippen molar-refractivity contribution in [3.8, 4) is 0 Å². The van der Waals surface area contributed by atoms with E-state index in [1.807, 2.05) is 29.0 Å². The van der Waals surface area contributed by atoms with Gasteiger partial charge in [0.25, 0.3) is 0 Å². The maximum Gasteiger partial charge on any atom is 0.244 e. The Labute approximate surface area is 109 Å². The highest BCUT2D eigenvalue weighted by Crippen LogP contribution is 2.09. The first kappa shape index (κ1) is 12.1. The number of carbonyl (C=O) groups excluding carboxylic acids is 1. The third-order valence-electron chi connectivity index (χ3n) is 2.24. The van der Waals surface area contributed by atoms with Crippen LogP contribution in [-0.4, -0.2) is 12.5 Å². The Morgan fingerprint density at radius 3 is 3.00 bits per heavy atom. The molecule has 0 fully saturated rings. The van der Waals surface area contributed by atoms with Gasteiger partial charge in [-0.15, -0.1) is 11.3 Å². The van der Waals surface area contributed by atoms with E-state index in [9.17, 15) is 4.79 Å². The van der Waals surface area contributed by atoms with E-state index in [0.717, 1.165) is 11.3 Å². The monoisotopic (exact) mass is 263 g/mol. The molecule has 0 spiro atoms. The molecule has 0 aromatic carbocycles. The van der Waals surface area contributed by atoms with Crippen molar-refractivity contribution >= 4 is 34.7 Å². The van der Waals surface area contributed by atoms with Gasteiger partial charge in [0.15, 0.2) is 0 Å². The molecule has 0 aliphatic carbocycles. The second-order valence-electron chi connectivity index (χ2n) is 3.52. The van der Waals surface area contributed by atoms with Gasteiger partial charge in [-0.3, -0.25) is 4.79 Å². The summed E-state index contributed by atoms with van der Waals surface area (Å²) in [6.07, 6.45) is 4.31. The predicted molar refractivity (Wildman–Crippen MR) is 74.4 cm³/mol. The number of hydrogen-bond donors (Lipinski definition) is 1. The van der Waals surface area contributed by atoms with Crippen LogP contribution >= 0.6 is 22.7 Å². The van der Waals surface area contributed by atoms with Gasteiger partial charge in [0, 0.05) is 17.5 Å². The molecule has 4 heteroatoms. The van der Waals surface area contributed by atoms with Gasteiger partial charge in [-0.05, 0) is 46.3 Å². The van der Waals surface area contributed by atoms with Crippen LogP contribution in [0.1, 0.15) is 10.4 Å². The molecule has 0 unspecified atom stereocenters. The van der Waals surface area contributed by atoms with E-state index in [2.05, 4.69) is 16.8 Å². The van der Waals surface area contributed by atoms with Crippen LogP contribution in [0.2, 0.25) is 0 Å². The summed E-state index contributed by atoms with van der Waals surface area (Å²) in [6.45, 7) is 0.685. The smallest absolute Gasteiger partial charge is 0.244 e. The first-order chi connectivity index (χ1) is 8.34. The van der Waals surface area contributed by atoms with Gasteiger partial charge in [-0.1, -0.05) is 6.07 Å². The number of thiophene rings is 2. The van der Waals surface area contributed by atoms with Gasteiger partial charge < -0.3 is 5.32 Å². The molecule has 0 saturated heterocycles. The zero-order valence-electron chi connectivity index (χ0n) is 9.26. The predicted octanol–water partition coefficient (Wildman–Crippen LogP) is 3.18. The minimum atomic E-state index is -0.0337. The van der Waals surface area contributed by atoms with Gasteiger partial charge >= 0.3 is 0 Å². The van der Waals surface area contributed by atoms with E-state index in [0.29, 0.717) is 6.54 Å². The lowest BCUT2D eigenvalue weighted by molar-refractivity contribution is -0.116. The van der Waals surface area contributed by atoms with Crippen LogP contribution in [0.5, 0.6) is 0 Å². The molecule has 0 atom stereocenters. The Morgan fingerprint density at radius 2 is 2.29 bits per heavy atom. The first-order valence-electron chi connectivity index (χ1n) is 5.35. The van der Waals surface area contributed by atoms with E-state index >= 15 is 0 Å². The fourth-order valence-electron chi connectivity index (χ4n) is 1.37. The summed E-state index contributed by atoms with van der Waals surface area (Å²) in [5.74, 6) is -0.0337. The molecular formula is C13H13NOS2. The van der Waals surface area contributed by atoms with E-state index in [1.54, 1.807) is 28.7 Å². The van der Waals surface area contributed by atoms with Gasteiger partial charge in [-0.25, -0.2) is 0 Å². The van der Waals surface area contributed by atoms with Crippen molar-refractivity contribution in [2.24, 2.45) is 0 Å². The van der Waals surface area contributed by atoms with Gasteiger partial charge in [0.05, 0.1) is 0 Å². The lowest BCUT2D eigenvalue weighted by Crippen LogP contribution is -2.23. The molecule has 0 bridgehead atoms. The molecule has 17 heavy (non-hydrogen) atoms. The molecule has 88 valence electrons. The zero-order chi connectivity index (χ0) is 11.9. The summed E-state index contributed by atoms with van der Waals surface area (Å²) >= 11 is 3.30. The van der Waals surface area contributed by atoms with Crippen molar-refractivity contribution in [2.45, 2.75) is 6.42 Å². The third kappa shape index (κ3) is 4.17. The van der Waals surface area contributed by atoms with Crippen molar-refractivity contribution in [1.82, 2.24) is 5.32 Å². The Balaban J connectivity index is 1.71.